The Morgan fingerprint density at radius 1 is 0.906 bits per heavy atom. The van der Waals surface area contributed by atoms with Gasteiger partial charge < -0.3 is 9.84 Å². The van der Waals surface area contributed by atoms with E-state index >= 15 is 0 Å². The van der Waals surface area contributed by atoms with Crippen LogP contribution in [-0.2, 0) is 11.3 Å². The van der Waals surface area contributed by atoms with Crippen LogP contribution in [0.15, 0.2) is 102 Å². The van der Waals surface area contributed by atoms with Crippen LogP contribution in [0.5, 0.6) is 0 Å². The molecule has 7 heteroatoms. The zero-order valence-corrected chi connectivity index (χ0v) is 17.0. The fourth-order valence-electron chi connectivity index (χ4n) is 3.36. The zero-order chi connectivity index (χ0) is 22.3. The van der Waals surface area contributed by atoms with Gasteiger partial charge in [-0.05, 0) is 35.4 Å². The Morgan fingerprint density at radius 3 is 2.19 bits per heavy atom. The van der Waals surface area contributed by atoms with E-state index in [1.54, 1.807) is 24.3 Å². The van der Waals surface area contributed by atoms with Crippen LogP contribution in [0.25, 0.3) is 0 Å². The highest BCUT2D eigenvalue weighted by molar-refractivity contribution is 6.08. The number of rotatable bonds is 7. The highest BCUT2D eigenvalue weighted by Gasteiger charge is 2.34. The maximum Gasteiger partial charge on any atom is 0.297 e. The molecule has 2 amide bonds. The minimum Gasteiger partial charge on any atom is -0.351 e. The second-order valence-corrected chi connectivity index (χ2v) is 7.04. The van der Waals surface area contributed by atoms with E-state index in [1.807, 2.05) is 36.4 Å². The van der Waals surface area contributed by atoms with Gasteiger partial charge >= 0.3 is 0 Å². The normalized spacial score (nSPS) is 11.5. The molecule has 1 atom stereocenters. The Bertz CT molecular complexity index is 1160. The molecule has 4 aromatic rings. The molecule has 0 unspecified atom stereocenters. The van der Waals surface area contributed by atoms with Crippen LogP contribution in [0, 0.1) is 5.82 Å². The molecule has 4 rings (SSSR count). The number of amides is 2. The first kappa shape index (κ1) is 21.0. The van der Waals surface area contributed by atoms with Gasteiger partial charge in [0.15, 0.2) is 0 Å². The van der Waals surface area contributed by atoms with Crippen molar-refractivity contribution >= 4 is 17.5 Å². The smallest absolute Gasteiger partial charge is 0.297 e. The van der Waals surface area contributed by atoms with Crippen LogP contribution in [0.1, 0.15) is 27.7 Å². The lowest BCUT2D eigenvalue weighted by atomic mass is 10.0. The van der Waals surface area contributed by atoms with Crippen molar-refractivity contribution in [1.82, 2.24) is 10.5 Å². The molecule has 160 valence electrons. The van der Waals surface area contributed by atoms with E-state index in [0.717, 1.165) is 5.56 Å². The first-order valence-electron chi connectivity index (χ1n) is 10.00. The number of anilines is 1. The summed E-state index contributed by atoms with van der Waals surface area (Å²) in [6.07, 6.45) is 1.36. The number of nitrogens with zero attached hydrogens (tertiary/aromatic N) is 2. The molecule has 6 nitrogen and oxygen atoms in total. The number of nitrogens with one attached hydrogen (secondary N) is 1. The van der Waals surface area contributed by atoms with Crippen LogP contribution in [0.3, 0.4) is 0 Å². The number of hydrogen-bond acceptors (Lipinski definition) is 4. The van der Waals surface area contributed by atoms with Crippen molar-refractivity contribution in [2.45, 2.75) is 12.6 Å². The number of carbonyl (C=O) groups is 2. The maximum atomic E-state index is 13.6. The molecular formula is C25H20FN3O3. The van der Waals surface area contributed by atoms with Gasteiger partial charge in [-0.1, -0.05) is 65.8 Å². The van der Waals surface area contributed by atoms with Crippen molar-refractivity contribution in [2.24, 2.45) is 0 Å². The molecule has 0 saturated carbocycles. The van der Waals surface area contributed by atoms with Gasteiger partial charge in [0.2, 0.25) is 11.7 Å². The quantitative estimate of drug-likeness (QED) is 0.469. The highest BCUT2D eigenvalue weighted by atomic mass is 19.1. The Kier molecular flexibility index (Phi) is 6.36. The highest BCUT2D eigenvalue weighted by Crippen LogP contribution is 2.30. The predicted octanol–water partition coefficient (Wildman–Crippen LogP) is 4.52. The lowest BCUT2D eigenvalue weighted by Crippen LogP contribution is -2.43. The molecule has 0 aliphatic carbocycles. The fraction of sp³-hybridized carbons (Fsp3) is 0.0800. The molecule has 1 heterocycles. The molecule has 0 fully saturated rings. The first-order chi connectivity index (χ1) is 15.6. The second kappa shape index (κ2) is 9.70. The van der Waals surface area contributed by atoms with E-state index < -0.39 is 23.7 Å². The van der Waals surface area contributed by atoms with Gasteiger partial charge in [-0.25, -0.2) is 4.39 Å². The molecule has 0 aliphatic rings. The summed E-state index contributed by atoms with van der Waals surface area (Å²) >= 11 is 0. The van der Waals surface area contributed by atoms with E-state index in [9.17, 15) is 14.0 Å². The van der Waals surface area contributed by atoms with E-state index in [2.05, 4.69) is 10.5 Å². The van der Waals surface area contributed by atoms with Crippen molar-refractivity contribution in [2.75, 3.05) is 4.90 Å². The molecule has 0 radical (unpaired) electrons. The molecule has 1 aromatic heterocycles. The van der Waals surface area contributed by atoms with Gasteiger partial charge in [0.1, 0.15) is 11.9 Å². The summed E-state index contributed by atoms with van der Waals surface area (Å²) in [5.41, 5.74) is 1.85. The minimum atomic E-state index is -1.07. The van der Waals surface area contributed by atoms with Crippen LogP contribution in [0.4, 0.5) is 10.1 Å². The predicted molar refractivity (Wildman–Crippen MR) is 117 cm³/mol. The van der Waals surface area contributed by atoms with Gasteiger partial charge in [0.05, 0.1) is 6.20 Å². The SMILES string of the molecule is O=C(NCc1ccccc1)[C@@H](c1ccc(F)cc1)N(C(=O)c1ccno1)c1ccccc1. The van der Waals surface area contributed by atoms with Crippen LogP contribution in [-0.4, -0.2) is 17.0 Å². The van der Waals surface area contributed by atoms with Crippen molar-refractivity contribution in [3.63, 3.8) is 0 Å². The standard InChI is InChI=1S/C25H20FN3O3/c26-20-13-11-19(12-14-20)23(24(30)27-17-18-7-3-1-4-8-18)29(21-9-5-2-6-10-21)25(31)22-15-16-28-32-22/h1-16,23H,17H2,(H,27,30)/t23-/m1/s1. The third kappa shape index (κ3) is 4.73. The topological polar surface area (TPSA) is 75.4 Å². The zero-order valence-electron chi connectivity index (χ0n) is 17.0. The summed E-state index contributed by atoms with van der Waals surface area (Å²) in [5.74, 6) is -1.42. The third-order valence-electron chi connectivity index (χ3n) is 4.90. The van der Waals surface area contributed by atoms with Crippen LogP contribution in [0.2, 0.25) is 0 Å². The molecule has 3 aromatic carbocycles. The lowest BCUT2D eigenvalue weighted by Gasteiger charge is -2.30. The molecule has 0 spiro atoms. The Hall–Kier alpha value is -4.26. The van der Waals surface area contributed by atoms with Crippen LogP contribution >= 0.6 is 0 Å². The molecule has 32 heavy (non-hydrogen) atoms. The van der Waals surface area contributed by atoms with Gasteiger partial charge in [-0.2, -0.15) is 0 Å². The summed E-state index contributed by atoms with van der Waals surface area (Å²) < 4.78 is 18.7. The largest absolute Gasteiger partial charge is 0.351 e. The van der Waals surface area contributed by atoms with Crippen molar-refractivity contribution in [1.29, 1.82) is 0 Å². The Balaban J connectivity index is 1.75. The number of halogens is 1. The molecule has 0 saturated heterocycles. The number of carbonyl (C=O) groups excluding carboxylic acids is 2. The Morgan fingerprint density at radius 2 is 1.56 bits per heavy atom. The molecular weight excluding hydrogens is 409 g/mol. The summed E-state index contributed by atoms with van der Waals surface area (Å²) in [6, 6.07) is 24.1. The number of aromatic nitrogens is 1. The molecule has 0 bridgehead atoms. The van der Waals surface area contributed by atoms with Gasteiger partial charge in [0, 0.05) is 18.3 Å². The fourth-order valence-corrected chi connectivity index (χ4v) is 3.36. The Labute approximate surface area is 184 Å². The monoisotopic (exact) mass is 429 g/mol. The molecule has 0 aliphatic heterocycles. The summed E-state index contributed by atoms with van der Waals surface area (Å²) in [7, 11) is 0. The third-order valence-corrected chi connectivity index (χ3v) is 4.90. The van der Waals surface area contributed by atoms with Gasteiger partial charge in [-0.15, -0.1) is 0 Å². The van der Waals surface area contributed by atoms with Crippen molar-refractivity contribution < 1.29 is 18.5 Å². The second-order valence-electron chi connectivity index (χ2n) is 7.04. The lowest BCUT2D eigenvalue weighted by molar-refractivity contribution is -0.122. The van der Waals surface area contributed by atoms with Crippen molar-refractivity contribution in [3.05, 3.63) is 120 Å². The van der Waals surface area contributed by atoms with Crippen molar-refractivity contribution in [3.8, 4) is 0 Å². The minimum absolute atomic E-state index is 0.0168. The first-order valence-corrected chi connectivity index (χ1v) is 10.00. The summed E-state index contributed by atoms with van der Waals surface area (Å²) in [6.45, 7) is 0.274. The van der Waals surface area contributed by atoms with E-state index in [-0.39, 0.29) is 12.3 Å². The van der Waals surface area contributed by atoms with E-state index in [1.165, 1.54) is 41.4 Å². The van der Waals surface area contributed by atoms with Crippen LogP contribution < -0.4 is 10.2 Å². The van der Waals surface area contributed by atoms with E-state index in [0.29, 0.717) is 11.3 Å². The summed E-state index contributed by atoms with van der Waals surface area (Å²) in [5, 5.41) is 6.50. The number of para-hydroxylation sites is 1. The average Bonchev–Trinajstić information content (AvgIpc) is 3.38. The van der Waals surface area contributed by atoms with E-state index in [4.69, 9.17) is 4.52 Å². The van der Waals surface area contributed by atoms with Gasteiger partial charge in [-0.3, -0.25) is 14.5 Å². The van der Waals surface area contributed by atoms with Gasteiger partial charge in [0.25, 0.3) is 5.91 Å². The number of benzene rings is 3. The average molecular weight is 429 g/mol. The number of hydrogen-bond donors (Lipinski definition) is 1. The maximum absolute atomic E-state index is 13.6. The summed E-state index contributed by atoms with van der Waals surface area (Å²) in [4.78, 5) is 28.2. The molecule has 1 N–H and O–H groups in total.